The summed E-state index contributed by atoms with van der Waals surface area (Å²) in [6.45, 7) is 5.31. The first-order valence-electron chi connectivity index (χ1n) is 12.4. The standard InChI is InChI=1S/C29H35N3O5S/c1-6-27(29(34)30-4)31(19-23-9-7-8-22(3)18-23)28(33)20-32(24-12-14-25(37-5)15-13-24)38(35,36)26-16-10-21(2)11-17-26/h7-18,27H,6,19-20H2,1-5H3,(H,30,34)/t27-/m0/s1. The number of anilines is 1. The molecule has 0 aromatic heterocycles. The van der Waals surface area contributed by atoms with Crippen molar-refractivity contribution in [3.63, 3.8) is 0 Å². The monoisotopic (exact) mass is 537 g/mol. The second-order valence-corrected chi connectivity index (χ2v) is 10.9. The van der Waals surface area contributed by atoms with E-state index >= 15 is 0 Å². The van der Waals surface area contributed by atoms with Crippen LogP contribution in [0.2, 0.25) is 0 Å². The van der Waals surface area contributed by atoms with Crippen LogP contribution in [0.15, 0.2) is 77.7 Å². The lowest BCUT2D eigenvalue weighted by Gasteiger charge is -2.33. The fraction of sp³-hybridized carbons (Fsp3) is 0.310. The number of aryl methyl sites for hydroxylation is 2. The third-order valence-corrected chi connectivity index (χ3v) is 8.10. The van der Waals surface area contributed by atoms with Gasteiger partial charge in [-0.15, -0.1) is 0 Å². The largest absolute Gasteiger partial charge is 0.497 e. The van der Waals surface area contributed by atoms with E-state index in [0.717, 1.165) is 21.0 Å². The summed E-state index contributed by atoms with van der Waals surface area (Å²) >= 11 is 0. The number of nitrogens with zero attached hydrogens (tertiary/aromatic N) is 2. The van der Waals surface area contributed by atoms with Crippen LogP contribution in [-0.4, -0.2) is 51.9 Å². The maximum absolute atomic E-state index is 13.9. The summed E-state index contributed by atoms with van der Waals surface area (Å²) in [5.74, 6) is -0.251. The van der Waals surface area contributed by atoms with Gasteiger partial charge in [0.15, 0.2) is 0 Å². The minimum Gasteiger partial charge on any atom is -0.497 e. The van der Waals surface area contributed by atoms with Crippen molar-refractivity contribution in [2.24, 2.45) is 0 Å². The van der Waals surface area contributed by atoms with Crippen molar-refractivity contribution in [1.82, 2.24) is 10.2 Å². The van der Waals surface area contributed by atoms with Gasteiger partial charge in [-0.1, -0.05) is 54.4 Å². The molecule has 0 saturated carbocycles. The molecule has 0 aliphatic heterocycles. The highest BCUT2D eigenvalue weighted by molar-refractivity contribution is 7.92. The zero-order chi connectivity index (χ0) is 27.9. The Morgan fingerprint density at radius 3 is 2.16 bits per heavy atom. The molecule has 38 heavy (non-hydrogen) atoms. The lowest BCUT2D eigenvalue weighted by atomic mass is 10.1. The van der Waals surface area contributed by atoms with Crippen LogP contribution in [0.4, 0.5) is 5.69 Å². The van der Waals surface area contributed by atoms with Crippen molar-refractivity contribution in [1.29, 1.82) is 0 Å². The van der Waals surface area contributed by atoms with Gasteiger partial charge in [-0.05, 0) is 62.2 Å². The third kappa shape index (κ3) is 6.72. The maximum atomic E-state index is 13.9. The van der Waals surface area contributed by atoms with E-state index in [-0.39, 0.29) is 17.3 Å². The van der Waals surface area contributed by atoms with Gasteiger partial charge in [-0.25, -0.2) is 8.42 Å². The number of hydrogen-bond acceptors (Lipinski definition) is 5. The van der Waals surface area contributed by atoms with E-state index in [4.69, 9.17) is 4.74 Å². The van der Waals surface area contributed by atoms with Crippen LogP contribution in [0, 0.1) is 13.8 Å². The highest BCUT2D eigenvalue weighted by Crippen LogP contribution is 2.27. The topological polar surface area (TPSA) is 96.0 Å². The molecular weight excluding hydrogens is 502 g/mol. The summed E-state index contributed by atoms with van der Waals surface area (Å²) in [5.41, 5.74) is 3.09. The van der Waals surface area contributed by atoms with Crippen molar-refractivity contribution >= 4 is 27.5 Å². The minimum absolute atomic E-state index is 0.0651. The van der Waals surface area contributed by atoms with Gasteiger partial charge in [0.25, 0.3) is 10.0 Å². The number of nitrogens with one attached hydrogen (secondary N) is 1. The van der Waals surface area contributed by atoms with Gasteiger partial charge in [0, 0.05) is 13.6 Å². The second kappa shape index (κ2) is 12.6. The maximum Gasteiger partial charge on any atom is 0.264 e. The summed E-state index contributed by atoms with van der Waals surface area (Å²) in [7, 11) is -1.07. The Balaban J connectivity index is 2.06. The molecule has 0 aliphatic rings. The first kappa shape index (κ1) is 28.7. The van der Waals surface area contributed by atoms with Gasteiger partial charge in [-0.2, -0.15) is 0 Å². The van der Waals surface area contributed by atoms with E-state index in [9.17, 15) is 18.0 Å². The molecule has 9 heteroatoms. The average molecular weight is 538 g/mol. The summed E-state index contributed by atoms with van der Waals surface area (Å²) in [5, 5.41) is 2.63. The molecule has 0 spiro atoms. The van der Waals surface area contributed by atoms with Crippen LogP contribution in [0.5, 0.6) is 5.75 Å². The van der Waals surface area contributed by atoms with Crippen molar-refractivity contribution in [2.75, 3.05) is 25.0 Å². The second-order valence-electron chi connectivity index (χ2n) is 9.07. The van der Waals surface area contributed by atoms with Crippen LogP contribution in [0.1, 0.15) is 30.0 Å². The van der Waals surface area contributed by atoms with Crippen molar-refractivity contribution in [3.05, 3.63) is 89.5 Å². The van der Waals surface area contributed by atoms with Crippen molar-refractivity contribution in [2.45, 2.75) is 44.7 Å². The smallest absolute Gasteiger partial charge is 0.264 e. The van der Waals surface area contributed by atoms with Crippen LogP contribution < -0.4 is 14.4 Å². The number of methoxy groups -OCH3 is 1. The lowest BCUT2D eigenvalue weighted by molar-refractivity contribution is -0.140. The zero-order valence-corrected chi connectivity index (χ0v) is 23.3. The molecule has 0 unspecified atom stereocenters. The predicted octanol–water partition coefficient (Wildman–Crippen LogP) is 4.06. The number of rotatable bonds is 11. The zero-order valence-electron chi connectivity index (χ0n) is 22.5. The number of likely N-dealkylation sites (N-methyl/N-ethyl adjacent to an activating group) is 1. The number of carbonyl (C=O) groups excluding carboxylic acids is 2. The Hall–Kier alpha value is -3.85. The Morgan fingerprint density at radius 2 is 1.61 bits per heavy atom. The number of amides is 2. The van der Waals surface area contributed by atoms with E-state index in [1.165, 1.54) is 31.2 Å². The molecule has 0 fully saturated rings. The van der Waals surface area contributed by atoms with Gasteiger partial charge in [-0.3, -0.25) is 13.9 Å². The lowest BCUT2D eigenvalue weighted by Crippen LogP contribution is -2.51. The van der Waals surface area contributed by atoms with Gasteiger partial charge < -0.3 is 15.0 Å². The number of hydrogen-bond donors (Lipinski definition) is 1. The molecule has 202 valence electrons. The van der Waals surface area contributed by atoms with Crippen molar-refractivity contribution in [3.8, 4) is 5.75 Å². The average Bonchev–Trinajstić information content (AvgIpc) is 2.91. The summed E-state index contributed by atoms with van der Waals surface area (Å²) in [4.78, 5) is 28.2. The number of carbonyl (C=O) groups is 2. The predicted molar refractivity (Wildman–Crippen MR) is 149 cm³/mol. The molecule has 3 aromatic rings. The summed E-state index contributed by atoms with van der Waals surface area (Å²) in [6, 6.07) is 19.8. The molecule has 0 radical (unpaired) electrons. The van der Waals surface area contributed by atoms with Crippen LogP contribution in [0.25, 0.3) is 0 Å². The van der Waals surface area contributed by atoms with E-state index in [1.54, 1.807) is 36.4 Å². The molecule has 3 rings (SSSR count). The Labute approximate surface area is 225 Å². The molecule has 1 N–H and O–H groups in total. The van der Waals surface area contributed by atoms with Gasteiger partial charge in [0.05, 0.1) is 17.7 Å². The molecule has 1 atom stereocenters. The fourth-order valence-corrected chi connectivity index (χ4v) is 5.62. The molecule has 0 saturated heterocycles. The summed E-state index contributed by atoms with van der Waals surface area (Å²) in [6.07, 6.45) is 0.366. The Morgan fingerprint density at radius 1 is 0.947 bits per heavy atom. The Bertz CT molecular complexity index is 1360. The first-order valence-corrected chi connectivity index (χ1v) is 13.8. The normalized spacial score (nSPS) is 11.9. The third-order valence-electron chi connectivity index (χ3n) is 6.32. The van der Waals surface area contributed by atoms with Crippen molar-refractivity contribution < 1.29 is 22.7 Å². The molecule has 0 aliphatic carbocycles. The Kier molecular flexibility index (Phi) is 9.52. The molecule has 0 heterocycles. The SMILES string of the molecule is CC[C@@H](C(=O)NC)N(Cc1cccc(C)c1)C(=O)CN(c1ccc(OC)cc1)S(=O)(=O)c1ccc(C)cc1. The molecule has 0 bridgehead atoms. The van der Waals surface area contributed by atoms with Gasteiger partial charge in [0.2, 0.25) is 11.8 Å². The highest BCUT2D eigenvalue weighted by atomic mass is 32.2. The fourth-order valence-electron chi connectivity index (χ4n) is 4.21. The minimum atomic E-state index is -4.11. The number of sulfonamides is 1. The molecule has 8 nitrogen and oxygen atoms in total. The first-order chi connectivity index (χ1) is 18.1. The van der Waals surface area contributed by atoms with Gasteiger partial charge in [0.1, 0.15) is 18.3 Å². The molecule has 2 amide bonds. The van der Waals surface area contributed by atoms with Gasteiger partial charge >= 0.3 is 0 Å². The van der Waals surface area contributed by atoms with E-state index in [0.29, 0.717) is 17.9 Å². The quantitative estimate of drug-likeness (QED) is 0.398. The van der Waals surface area contributed by atoms with E-state index < -0.39 is 28.5 Å². The number of ether oxygens (including phenoxy) is 1. The van der Waals surface area contributed by atoms with E-state index in [2.05, 4.69) is 5.32 Å². The molecule has 3 aromatic carbocycles. The summed E-state index contributed by atoms with van der Waals surface area (Å²) < 4.78 is 34.0. The number of benzene rings is 3. The molecular formula is C29H35N3O5S. The highest BCUT2D eigenvalue weighted by Gasteiger charge is 2.33. The van der Waals surface area contributed by atoms with E-state index in [1.807, 2.05) is 45.0 Å². The van der Waals surface area contributed by atoms with Crippen LogP contribution >= 0.6 is 0 Å². The van der Waals surface area contributed by atoms with Crippen LogP contribution in [0.3, 0.4) is 0 Å². The van der Waals surface area contributed by atoms with Crippen LogP contribution in [-0.2, 0) is 26.2 Å².